The highest BCUT2D eigenvalue weighted by molar-refractivity contribution is 7.86. The maximum Gasteiger partial charge on any atom is 0.367 e. The molecule has 1 aliphatic rings. The predicted molar refractivity (Wildman–Crippen MR) is 62.9 cm³/mol. The Labute approximate surface area is 114 Å². The van der Waals surface area contributed by atoms with Crippen molar-refractivity contribution < 1.29 is 31.3 Å². The summed E-state index contributed by atoms with van der Waals surface area (Å²) in [6.45, 7) is -1.75. The molecule has 110 valence electrons. The minimum absolute atomic E-state index is 0.352. The van der Waals surface area contributed by atoms with E-state index in [9.17, 15) is 26.5 Å². The summed E-state index contributed by atoms with van der Waals surface area (Å²) in [7, 11) is -5.84. The van der Waals surface area contributed by atoms with E-state index in [2.05, 4.69) is 4.74 Å². The van der Waals surface area contributed by atoms with Crippen molar-refractivity contribution in [3.05, 3.63) is 35.4 Å². The number of carbonyl (C=O) groups excluding carboxylic acids is 1. The first-order valence-corrected chi connectivity index (χ1v) is 7.18. The Morgan fingerprint density at radius 2 is 1.80 bits per heavy atom. The SMILES string of the molecule is O=C(OCC(F)(F)S(=O)(=O)[O-])C1Cc2ccccc2C1. The second kappa shape index (κ2) is 5.10. The molecule has 0 heterocycles. The van der Waals surface area contributed by atoms with Gasteiger partial charge in [-0.2, -0.15) is 8.78 Å². The number of halogens is 2. The van der Waals surface area contributed by atoms with Gasteiger partial charge in [-0.05, 0) is 24.0 Å². The van der Waals surface area contributed by atoms with Crippen LogP contribution in [0, 0.1) is 5.92 Å². The Morgan fingerprint density at radius 1 is 1.30 bits per heavy atom. The molecule has 1 aromatic rings. The molecule has 0 spiro atoms. The Kier molecular flexibility index (Phi) is 3.79. The van der Waals surface area contributed by atoms with Crippen molar-refractivity contribution in [1.29, 1.82) is 0 Å². The molecule has 0 saturated carbocycles. The van der Waals surface area contributed by atoms with Crippen LogP contribution in [-0.2, 0) is 32.5 Å². The van der Waals surface area contributed by atoms with Crippen LogP contribution in [0.15, 0.2) is 24.3 Å². The van der Waals surface area contributed by atoms with Crippen molar-refractivity contribution in [2.75, 3.05) is 6.61 Å². The fourth-order valence-corrected chi connectivity index (χ4v) is 2.27. The summed E-state index contributed by atoms with van der Waals surface area (Å²) >= 11 is 0. The summed E-state index contributed by atoms with van der Waals surface area (Å²) in [5, 5.41) is -4.60. The number of benzene rings is 1. The summed E-state index contributed by atoms with van der Waals surface area (Å²) in [4.78, 5) is 11.6. The van der Waals surface area contributed by atoms with Crippen LogP contribution in [0.2, 0.25) is 0 Å². The number of carbonyl (C=O) groups is 1. The molecule has 0 atom stereocenters. The van der Waals surface area contributed by atoms with Crippen LogP contribution in [0.1, 0.15) is 11.1 Å². The summed E-state index contributed by atoms with van der Waals surface area (Å²) in [5.41, 5.74) is 1.86. The van der Waals surface area contributed by atoms with Crippen molar-refractivity contribution in [3.63, 3.8) is 0 Å². The first-order chi connectivity index (χ1) is 9.21. The molecular weight excluding hydrogens is 294 g/mol. The van der Waals surface area contributed by atoms with Crippen LogP contribution >= 0.6 is 0 Å². The zero-order valence-corrected chi connectivity index (χ0v) is 11.0. The lowest BCUT2D eigenvalue weighted by Gasteiger charge is -2.20. The number of hydrogen-bond acceptors (Lipinski definition) is 5. The molecule has 0 aromatic heterocycles. The number of alkyl halides is 2. The molecule has 0 amide bonds. The van der Waals surface area contributed by atoms with E-state index >= 15 is 0 Å². The summed E-state index contributed by atoms with van der Waals surface area (Å²) < 4.78 is 60.8. The van der Waals surface area contributed by atoms with Gasteiger partial charge in [-0.1, -0.05) is 24.3 Å². The molecule has 1 aliphatic carbocycles. The molecule has 0 N–H and O–H groups in total. The molecule has 1 aromatic carbocycles. The topological polar surface area (TPSA) is 83.5 Å². The average molecular weight is 305 g/mol. The third kappa shape index (κ3) is 2.96. The monoisotopic (exact) mass is 305 g/mol. The van der Waals surface area contributed by atoms with Gasteiger partial charge in [0, 0.05) is 0 Å². The normalized spacial score (nSPS) is 15.9. The highest BCUT2D eigenvalue weighted by atomic mass is 32.2. The lowest BCUT2D eigenvalue weighted by atomic mass is 10.1. The number of hydrogen-bond donors (Lipinski definition) is 0. The maximum atomic E-state index is 12.9. The Bertz CT molecular complexity index is 601. The van der Waals surface area contributed by atoms with Crippen LogP contribution < -0.4 is 0 Å². The summed E-state index contributed by atoms with van der Waals surface area (Å²) in [5.74, 6) is -1.55. The summed E-state index contributed by atoms with van der Waals surface area (Å²) in [6, 6.07) is 7.23. The lowest BCUT2D eigenvalue weighted by Crippen LogP contribution is -2.36. The predicted octanol–water partition coefficient (Wildman–Crippen LogP) is 1.08. The van der Waals surface area contributed by atoms with Gasteiger partial charge in [-0.25, -0.2) is 8.42 Å². The molecule has 5 nitrogen and oxygen atoms in total. The number of ether oxygens (including phenoxy) is 1. The van der Waals surface area contributed by atoms with E-state index in [1.807, 2.05) is 12.1 Å². The molecular formula is C12H11F2O5S-. The smallest absolute Gasteiger partial charge is 0.367 e. The van der Waals surface area contributed by atoms with Crippen LogP contribution in [0.3, 0.4) is 0 Å². The van der Waals surface area contributed by atoms with Crippen molar-refractivity contribution in [3.8, 4) is 0 Å². The van der Waals surface area contributed by atoms with Gasteiger partial charge in [0.15, 0.2) is 16.7 Å². The summed E-state index contributed by atoms with van der Waals surface area (Å²) in [6.07, 6.45) is 0.704. The lowest BCUT2D eigenvalue weighted by molar-refractivity contribution is -0.154. The zero-order valence-electron chi connectivity index (χ0n) is 10.2. The van der Waals surface area contributed by atoms with Gasteiger partial charge in [-0.15, -0.1) is 0 Å². The fourth-order valence-electron chi connectivity index (χ4n) is 2.07. The molecule has 2 rings (SSSR count). The van der Waals surface area contributed by atoms with Crippen molar-refractivity contribution in [2.45, 2.75) is 18.1 Å². The van der Waals surface area contributed by atoms with E-state index in [-0.39, 0.29) is 0 Å². The third-order valence-electron chi connectivity index (χ3n) is 3.13. The van der Waals surface area contributed by atoms with E-state index in [0.29, 0.717) is 12.8 Å². The van der Waals surface area contributed by atoms with Gasteiger partial charge in [0.05, 0.1) is 5.92 Å². The first kappa shape index (κ1) is 14.9. The van der Waals surface area contributed by atoms with Crippen LogP contribution in [0.4, 0.5) is 8.78 Å². The molecule has 0 bridgehead atoms. The largest absolute Gasteiger partial charge is 0.743 e. The van der Waals surface area contributed by atoms with Gasteiger partial charge >= 0.3 is 11.2 Å². The van der Waals surface area contributed by atoms with Crippen LogP contribution in [0.25, 0.3) is 0 Å². The number of esters is 1. The maximum absolute atomic E-state index is 12.9. The standard InChI is InChI=1S/C12H12F2O5S/c13-12(14,20(16,17)18)7-19-11(15)10-5-8-3-1-2-4-9(8)6-10/h1-4,10H,5-7H2,(H,16,17,18)/p-1. The Hall–Kier alpha value is -1.54. The Balaban J connectivity index is 1.96. The van der Waals surface area contributed by atoms with E-state index in [0.717, 1.165) is 11.1 Å². The van der Waals surface area contributed by atoms with Gasteiger partial charge in [0.2, 0.25) is 0 Å². The van der Waals surface area contributed by atoms with E-state index in [1.54, 1.807) is 12.1 Å². The van der Waals surface area contributed by atoms with Crippen molar-refractivity contribution in [1.82, 2.24) is 0 Å². The van der Waals surface area contributed by atoms with Gasteiger partial charge in [-0.3, -0.25) is 4.79 Å². The molecule has 0 saturated heterocycles. The minimum atomic E-state index is -5.84. The van der Waals surface area contributed by atoms with Crippen LogP contribution in [0.5, 0.6) is 0 Å². The average Bonchev–Trinajstić information content (AvgIpc) is 2.78. The van der Waals surface area contributed by atoms with Gasteiger partial charge in [0.25, 0.3) is 0 Å². The second-order valence-electron chi connectivity index (χ2n) is 4.57. The highest BCUT2D eigenvalue weighted by Gasteiger charge is 2.40. The first-order valence-electron chi connectivity index (χ1n) is 5.77. The Morgan fingerprint density at radius 3 is 2.25 bits per heavy atom. The third-order valence-corrected chi connectivity index (χ3v) is 3.98. The fraction of sp³-hybridized carbons (Fsp3) is 0.417. The zero-order chi connectivity index (χ0) is 15.0. The van der Waals surface area contributed by atoms with E-state index in [4.69, 9.17) is 0 Å². The molecule has 20 heavy (non-hydrogen) atoms. The van der Waals surface area contributed by atoms with Crippen molar-refractivity contribution >= 4 is 16.1 Å². The quantitative estimate of drug-likeness (QED) is 0.614. The second-order valence-corrected chi connectivity index (χ2v) is 6.08. The van der Waals surface area contributed by atoms with Gasteiger partial charge < -0.3 is 9.29 Å². The van der Waals surface area contributed by atoms with Crippen molar-refractivity contribution in [2.24, 2.45) is 5.92 Å². The van der Waals surface area contributed by atoms with Crippen LogP contribution in [-0.4, -0.2) is 30.8 Å². The molecule has 0 radical (unpaired) electrons. The van der Waals surface area contributed by atoms with E-state index in [1.165, 1.54) is 0 Å². The van der Waals surface area contributed by atoms with Gasteiger partial charge in [0.1, 0.15) is 0 Å². The highest BCUT2D eigenvalue weighted by Crippen LogP contribution is 2.28. The number of rotatable bonds is 4. The minimum Gasteiger partial charge on any atom is -0.743 e. The van der Waals surface area contributed by atoms with E-state index < -0.39 is 33.9 Å². The molecule has 0 unspecified atom stereocenters. The molecule has 0 aliphatic heterocycles. The molecule has 0 fully saturated rings. The number of fused-ring (bicyclic) bond motifs is 1. The molecule has 8 heteroatoms.